The molecule has 8 heteroatoms. The van der Waals surface area contributed by atoms with Crippen molar-refractivity contribution in [3.63, 3.8) is 0 Å². The van der Waals surface area contributed by atoms with Gasteiger partial charge in [0.05, 0.1) is 16.4 Å². The fraction of sp³-hybridized carbons (Fsp3) is 0.233. The maximum atomic E-state index is 13.3. The minimum absolute atomic E-state index is 0.135. The van der Waals surface area contributed by atoms with Gasteiger partial charge in [-0.2, -0.15) is 5.10 Å². The van der Waals surface area contributed by atoms with Gasteiger partial charge >= 0.3 is 6.03 Å². The van der Waals surface area contributed by atoms with Crippen molar-refractivity contribution in [2.75, 3.05) is 23.7 Å². The number of para-hydroxylation sites is 2. The van der Waals surface area contributed by atoms with Gasteiger partial charge in [0, 0.05) is 23.7 Å². The number of carbonyl (C=O) groups is 2. The molecule has 0 saturated carbocycles. The third-order valence-electron chi connectivity index (χ3n) is 5.99. The molecular weight excluding hydrogens is 498 g/mol. The maximum absolute atomic E-state index is 13.3. The highest BCUT2D eigenvalue weighted by Gasteiger charge is 2.24. The van der Waals surface area contributed by atoms with Crippen LogP contribution in [0.3, 0.4) is 0 Å². The molecule has 1 aromatic heterocycles. The first-order valence-electron chi connectivity index (χ1n) is 12.5. The van der Waals surface area contributed by atoms with Crippen LogP contribution in [0, 0.1) is 0 Å². The van der Waals surface area contributed by atoms with E-state index in [1.807, 2.05) is 84.9 Å². The number of urea groups is 1. The number of halogens is 1. The topological polar surface area (TPSA) is 79.3 Å². The Kier molecular flexibility index (Phi) is 8.48. The second kappa shape index (κ2) is 12.0. The van der Waals surface area contributed by atoms with E-state index in [0.717, 1.165) is 11.3 Å². The third-order valence-corrected chi connectivity index (χ3v) is 6.31. The molecule has 2 N–H and O–H groups in total. The summed E-state index contributed by atoms with van der Waals surface area (Å²) in [6.45, 7) is 6.39. The van der Waals surface area contributed by atoms with E-state index in [-0.39, 0.29) is 23.9 Å². The Labute approximate surface area is 228 Å². The quantitative estimate of drug-likeness (QED) is 0.272. The van der Waals surface area contributed by atoms with Crippen molar-refractivity contribution in [2.45, 2.75) is 32.6 Å². The smallest absolute Gasteiger partial charge is 0.315 e. The van der Waals surface area contributed by atoms with Crippen molar-refractivity contribution in [3.8, 4) is 5.69 Å². The third kappa shape index (κ3) is 7.01. The van der Waals surface area contributed by atoms with Crippen molar-refractivity contribution in [3.05, 3.63) is 107 Å². The Morgan fingerprint density at radius 1 is 0.895 bits per heavy atom. The zero-order valence-corrected chi connectivity index (χ0v) is 22.6. The van der Waals surface area contributed by atoms with Gasteiger partial charge in [-0.25, -0.2) is 9.48 Å². The largest absolute Gasteiger partial charge is 0.322 e. The lowest BCUT2D eigenvalue weighted by molar-refractivity contribution is -0.116. The summed E-state index contributed by atoms with van der Waals surface area (Å²) in [7, 11) is 0. The number of hydrogen-bond acceptors (Lipinski definition) is 3. The predicted octanol–water partition coefficient (Wildman–Crippen LogP) is 6.54. The second-order valence-corrected chi connectivity index (χ2v) is 10.4. The summed E-state index contributed by atoms with van der Waals surface area (Å²) < 4.78 is 1.64. The molecule has 0 aliphatic rings. The van der Waals surface area contributed by atoms with Crippen LogP contribution in [0.4, 0.5) is 16.3 Å². The summed E-state index contributed by atoms with van der Waals surface area (Å²) in [5.41, 5.74) is 2.95. The van der Waals surface area contributed by atoms with Crippen LogP contribution in [0.1, 0.15) is 32.0 Å². The summed E-state index contributed by atoms with van der Waals surface area (Å²) in [4.78, 5) is 28.0. The lowest BCUT2D eigenvalue weighted by Gasteiger charge is -2.23. The van der Waals surface area contributed by atoms with E-state index in [9.17, 15) is 9.59 Å². The van der Waals surface area contributed by atoms with E-state index >= 15 is 0 Å². The summed E-state index contributed by atoms with van der Waals surface area (Å²) >= 11 is 6.46. The van der Waals surface area contributed by atoms with Crippen molar-refractivity contribution < 1.29 is 9.59 Å². The SMILES string of the molecule is CC(C)(C)c1cc(NC(=O)CN(CCc2ccccc2)C(=O)Nc2ccccc2)n(-c2ccccc2Cl)n1. The Balaban J connectivity index is 1.55. The Morgan fingerprint density at radius 3 is 2.18 bits per heavy atom. The fourth-order valence-electron chi connectivity index (χ4n) is 3.88. The standard InChI is InChI=1S/C30H32ClN5O2/c1-30(2,3)26-20-27(36(34-26)25-17-11-10-16-24(25)31)33-28(37)21-35(19-18-22-12-6-4-7-13-22)29(38)32-23-14-8-5-9-15-23/h4-17,20H,18-19,21H2,1-3H3,(H,32,38)(H,33,37). The molecular formula is C30H32ClN5O2. The van der Waals surface area contributed by atoms with Gasteiger partial charge in [0.2, 0.25) is 5.91 Å². The monoisotopic (exact) mass is 529 g/mol. The highest BCUT2D eigenvalue weighted by molar-refractivity contribution is 6.32. The Hall–Kier alpha value is -4.10. The first-order valence-corrected chi connectivity index (χ1v) is 12.9. The minimum Gasteiger partial charge on any atom is -0.315 e. The summed E-state index contributed by atoms with van der Waals surface area (Å²) in [5.74, 6) is 0.148. The van der Waals surface area contributed by atoms with Crippen molar-refractivity contribution in [1.29, 1.82) is 0 Å². The lowest BCUT2D eigenvalue weighted by atomic mass is 9.92. The second-order valence-electron chi connectivity index (χ2n) is 10.0. The van der Waals surface area contributed by atoms with E-state index in [4.69, 9.17) is 16.7 Å². The molecule has 0 bridgehead atoms. The van der Waals surface area contributed by atoms with Gasteiger partial charge in [0.25, 0.3) is 0 Å². The van der Waals surface area contributed by atoms with E-state index in [0.29, 0.717) is 35.2 Å². The average Bonchev–Trinajstić information content (AvgIpc) is 3.32. The lowest BCUT2D eigenvalue weighted by Crippen LogP contribution is -2.42. The molecule has 0 saturated heterocycles. The van der Waals surface area contributed by atoms with Crippen LogP contribution < -0.4 is 10.6 Å². The summed E-state index contributed by atoms with van der Waals surface area (Å²) in [6.07, 6.45) is 0.613. The van der Waals surface area contributed by atoms with E-state index in [2.05, 4.69) is 31.4 Å². The molecule has 1 heterocycles. The number of anilines is 2. The van der Waals surface area contributed by atoms with Crippen LogP contribution in [-0.4, -0.2) is 39.7 Å². The highest BCUT2D eigenvalue weighted by Crippen LogP contribution is 2.29. The van der Waals surface area contributed by atoms with Gasteiger partial charge < -0.3 is 15.5 Å². The number of nitrogens with one attached hydrogen (secondary N) is 2. The van der Waals surface area contributed by atoms with Crippen LogP contribution in [0.25, 0.3) is 5.69 Å². The van der Waals surface area contributed by atoms with E-state index < -0.39 is 0 Å². The van der Waals surface area contributed by atoms with Crippen LogP contribution in [-0.2, 0) is 16.6 Å². The molecule has 0 aliphatic carbocycles. The van der Waals surface area contributed by atoms with Gasteiger partial charge in [-0.1, -0.05) is 93.0 Å². The minimum atomic E-state index is -0.350. The molecule has 0 radical (unpaired) electrons. The summed E-state index contributed by atoms with van der Waals surface area (Å²) in [6, 6.07) is 27.9. The first kappa shape index (κ1) is 26.9. The molecule has 0 unspecified atom stereocenters. The number of benzene rings is 3. The van der Waals surface area contributed by atoms with Crippen molar-refractivity contribution in [2.24, 2.45) is 0 Å². The molecule has 4 aromatic rings. The molecule has 0 spiro atoms. The van der Waals surface area contributed by atoms with Gasteiger partial charge in [-0.15, -0.1) is 0 Å². The van der Waals surface area contributed by atoms with E-state index in [1.54, 1.807) is 10.7 Å². The Bertz CT molecular complexity index is 1380. The number of aromatic nitrogens is 2. The van der Waals surface area contributed by atoms with Gasteiger partial charge in [0.1, 0.15) is 12.4 Å². The number of nitrogens with zero attached hydrogens (tertiary/aromatic N) is 3. The Morgan fingerprint density at radius 2 is 1.53 bits per heavy atom. The number of amides is 3. The van der Waals surface area contributed by atoms with Crippen molar-refractivity contribution >= 4 is 35.0 Å². The van der Waals surface area contributed by atoms with Gasteiger partial charge in [-0.05, 0) is 36.2 Å². The molecule has 0 atom stereocenters. The number of rotatable bonds is 8. The number of carbonyl (C=O) groups excluding carboxylic acids is 2. The zero-order chi connectivity index (χ0) is 27.1. The number of hydrogen-bond donors (Lipinski definition) is 2. The average molecular weight is 530 g/mol. The normalized spacial score (nSPS) is 11.2. The first-order chi connectivity index (χ1) is 18.2. The molecule has 38 heavy (non-hydrogen) atoms. The molecule has 3 aromatic carbocycles. The molecule has 0 fully saturated rings. The maximum Gasteiger partial charge on any atom is 0.322 e. The van der Waals surface area contributed by atoms with Crippen LogP contribution in [0.15, 0.2) is 91.0 Å². The van der Waals surface area contributed by atoms with Gasteiger partial charge in [0.15, 0.2) is 0 Å². The summed E-state index contributed by atoms with van der Waals surface area (Å²) in [5, 5.41) is 11.1. The molecule has 4 rings (SSSR count). The molecule has 0 aliphatic heterocycles. The van der Waals surface area contributed by atoms with Gasteiger partial charge in [-0.3, -0.25) is 4.79 Å². The van der Waals surface area contributed by atoms with Crippen LogP contribution >= 0.6 is 11.6 Å². The van der Waals surface area contributed by atoms with E-state index in [1.165, 1.54) is 4.90 Å². The van der Waals surface area contributed by atoms with Crippen molar-refractivity contribution in [1.82, 2.24) is 14.7 Å². The fourth-order valence-corrected chi connectivity index (χ4v) is 4.10. The molecule has 7 nitrogen and oxygen atoms in total. The molecule has 196 valence electrons. The molecule has 3 amide bonds. The zero-order valence-electron chi connectivity index (χ0n) is 21.8. The van der Waals surface area contributed by atoms with Crippen LogP contribution in [0.2, 0.25) is 5.02 Å². The predicted molar refractivity (Wildman–Crippen MR) is 153 cm³/mol. The van der Waals surface area contributed by atoms with Crippen LogP contribution in [0.5, 0.6) is 0 Å². The highest BCUT2D eigenvalue weighted by atomic mass is 35.5.